The van der Waals surface area contributed by atoms with Crippen LogP contribution in [0.1, 0.15) is 19.7 Å². The third kappa shape index (κ3) is 2.70. The van der Waals surface area contributed by atoms with E-state index in [2.05, 4.69) is 29.4 Å². The molecule has 0 spiro atoms. The van der Waals surface area contributed by atoms with Crippen LogP contribution in [0.25, 0.3) is 0 Å². The Morgan fingerprint density at radius 2 is 2.25 bits per heavy atom. The fourth-order valence-electron chi connectivity index (χ4n) is 0.670. The van der Waals surface area contributed by atoms with Gasteiger partial charge in [-0.15, -0.1) is 16.7 Å². The molecule has 68 valence electrons. The predicted molar refractivity (Wildman–Crippen MR) is 47.2 cm³/mol. The van der Waals surface area contributed by atoms with Gasteiger partial charge in [-0.1, -0.05) is 18.9 Å². The zero-order valence-corrected chi connectivity index (χ0v) is 7.93. The van der Waals surface area contributed by atoms with Crippen molar-refractivity contribution in [1.82, 2.24) is 10.2 Å². The first-order chi connectivity index (χ1) is 5.72. The molecule has 4 nitrogen and oxygen atoms in total. The molecular formula is C7H12ClN3O. The molecule has 0 aliphatic heterocycles. The lowest BCUT2D eigenvalue weighted by Crippen LogP contribution is -2.07. The van der Waals surface area contributed by atoms with Crippen molar-refractivity contribution in [2.24, 2.45) is 5.92 Å². The molecule has 5 heteroatoms. The van der Waals surface area contributed by atoms with Crippen molar-refractivity contribution in [1.29, 1.82) is 0 Å². The minimum Gasteiger partial charge on any atom is -0.407 e. The van der Waals surface area contributed by atoms with Gasteiger partial charge in [0.05, 0.1) is 0 Å². The van der Waals surface area contributed by atoms with E-state index in [9.17, 15) is 0 Å². The maximum absolute atomic E-state index is 5.48. The Morgan fingerprint density at radius 3 is 2.75 bits per heavy atom. The highest BCUT2D eigenvalue weighted by molar-refractivity contribution is 6.16. The smallest absolute Gasteiger partial charge is 0.315 e. The molecule has 1 aromatic heterocycles. The van der Waals surface area contributed by atoms with Gasteiger partial charge in [-0.3, -0.25) is 0 Å². The lowest BCUT2D eigenvalue weighted by Gasteiger charge is -2.02. The second-order valence-electron chi connectivity index (χ2n) is 2.91. The zero-order chi connectivity index (χ0) is 8.97. The highest BCUT2D eigenvalue weighted by Gasteiger charge is 2.03. The van der Waals surface area contributed by atoms with E-state index in [1.165, 1.54) is 0 Å². The molecule has 0 aliphatic carbocycles. The first kappa shape index (κ1) is 9.32. The van der Waals surface area contributed by atoms with Crippen LogP contribution in [0.15, 0.2) is 4.42 Å². The van der Waals surface area contributed by atoms with Gasteiger partial charge in [0.15, 0.2) is 0 Å². The Labute approximate surface area is 76.3 Å². The van der Waals surface area contributed by atoms with Crippen molar-refractivity contribution >= 4 is 17.6 Å². The summed E-state index contributed by atoms with van der Waals surface area (Å²) in [5, 5.41) is 10.4. The summed E-state index contributed by atoms with van der Waals surface area (Å²) in [6.07, 6.45) is 0. The van der Waals surface area contributed by atoms with Crippen LogP contribution in [0, 0.1) is 5.92 Å². The molecule has 0 fully saturated rings. The lowest BCUT2D eigenvalue weighted by molar-refractivity contribution is 0.520. The number of rotatable bonds is 4. The van der Waals surface area contributed by atoms with Gasteiger partial charge in [-0.25, -0.2) is 0 Å². The molecule has 0 radical (unpaired) electrons. The standard InChI is InChI=1S/C7H12ClN3O/c1-5(2)4-9-7-11-10-6(3-8)12-7/h5H,3-4H2,1-2H3,(H,9,11). The number of alkyl halides is 1. The van der Waals surface area contributed by atoms with Crippen LogP contribution in [0.5, 0.6) is 0 Å². The van der Waals surface area contributed by atoms with Crippen LogP contribution >= 0.6 is 11.6 Å². The number of hydrogen-bond donors (Lipinski definition) is 1. The van der Waals surface area contributed by atoms with Gasteiger partial charge in [0, 0.05) is 6.54 Å². The molecule has 0 aromatic carbocycles. The largest absolute Gasteiger partial charge is 0.407 e. The van der Waals surface area contributed by atoms with Gasteiger partial charge < -0.3 is 9.73 Å². The molecule has 0 aliphatic rings. The Hall–Kier alpha value is -0.770. The third-order valence-electron chi connectivity index (χ3n) is 1.24. The maximum Gasteiger partial charge on any atom is 0.315 e. The molecular weight excluding hydrogens is 178 g/mol. The number of nitrogens with zero attached hydrogens (tertiary/aromatic N) is 2. The molecule has 12 heavy (non-hydrogen) atoms. The van der Waals surface area contributed by atoms with E-state index in [0.29, 0.717) is 17.8 Å². The van der Waals surface area contributed by atoms with E-state index < -0.39 is 0 Å². The molecule has 1 aromatic rings. The van der Waals surface area contributed by atoms with E-state index in [-0.39, 0.29) is 5.88 Å². The van der Waals surface area contributed by atoms with Crippen LogP contribution in [-0.4, -0.2) is 16.7 Å². The second kappa shape index (κ2) is 4.30. The Morgan fingerprint density at radius 1 is 1.50 bits per heavy atom. The molecule has 0 atom stereocenters. The van der Waals surface area contributed by atoms with Crippen LogP contribution in [-0.2, 0) is 5.88 Å². The SMILES string of the molecule is CC(C)CNc1nnc(CCl)o1. The first-order valence-corrected chi connectivity index (χ1v) is 4.38. The van der Waals surface area contributed by atoms with E-state index in [4.69, 9.17) is 16.0 Å². The van der Waals surface area contributed by atoms with Crippen molar-refractivity contribution in [3.63, 3.8) is 0 Å². The van der Waals surface area contributed by atoms with Gasteiger partial charge in [-0.05, 0) is 5.92 Å². The van der Waals surface area contributed by atoms with E-state index >= 15 is 0 Å². The van der Waals surface area contributed by atoms with Crippen molar-refractivity contribution in [3.8, 4) is 0 Å². The second-order valence-corrected chi connectivity index (χ2v) is 3.18. The summed E-state index contributed by atoms with van der Waals surface area (Å²) in [5.41, 5.74) is 0. The summed E-state index contributed by atoms with van der Waals surface area (Å²) in [4.78, 5) is 0. The molecule has 0 saturated heterocycles. The number of anilines is 1. The maximum atomic E-state index is 5.48. The van der Waals surface area contributed by atoms with Crippen molar-refractivity contribution in [2.75, 3.05) is 11.9 Å². The van der Waals surface area contributed by atoms with Crippen LogP contribution in [0.3, 0.4) is 0 Å². The number of hydrogen-bond acceptors (Lipinski definition) is 4. The van der Waals surface area contributed by atoms with Crippen LogP contribution in [0.4, 0.5) is 6.01 Å². The number of halogens is 1. The minimum absolute atomic E-state index is 0.260. The molecule has 1 heterocycles. The Bertz CT molecular complexity index is 236. The lowest BCUT2D eigenvalue weighted by atomic mass is 10.2. The molecule has 1 rings (SSSR count). The van der Waals surface area contributed by atoms with Gasteiger partial charge in [0.1, 0.15) is 5.88 Å². The van der Waals surface area contributed by atoms with Crippen molar-refractivity contribution in [2.45, 2.75) is 19.7 Å². The normalized spacial score (nSPS) is 10.7. The molecule has 0 saturated carbocycles. The molecule has 0 bridgehead atoms. The molecule has 1 N–H and O–H groups in total. The van der Waals surface area contributed by atoms with E-state index in [1.807, 2.05) is 0 Å². The van der Waals surface area contributed by atoms with E-state index in [0.717, 1.165) is 6.54 Å². The summed E-state index contributed by atoms with van der Waals surface area (Å²) in [5.74, 6) is 1.26. The minimum atomic E-state index is 0.260. The average Bonchev–Trinajstić information content (AvgIpc) is 2.48. The third-order valence-corrected chi connectivity index (χ3v) is 1.47. The highest BCUT2D eigenvalue weighted by Crippen LogP contribution is 2.07. The number of aromatic nitrogens is 2. The van der Waals surface area contributed by atoms with Gasteiger partial charge in [0.2, 0.25) is 5.89 Å². The fourth-order valence-corrected chi connectivity index (χ4v) is 0.778. The molecule has 0 unspecified atom stereocenters. The van der Waals surface area contributed by atoms with Crippen LogP contribution in [0.2, 0.25) is 0 Å². The summed E-state index contributed by atoms with van der Waals surface area (Å²) in [7, 11) is 0. The monoisotopic (exact) mass is 189 g/mol. The molecule has 0 amide bonds. The summed E-state index contributed by atoms with van der Waals surface area (Å²) in [6.45, 7) is 5.03. The number of nitrogens with one attached hydrogen (secondary N) is 1. The average molecular weight is 190 g/mol. The summed E-state index contributed by atoms with van der Waals surface area (Å²) >= 11 is 5.48. The Balaban J connectivity index is 2.41. The van der Waals surface area contributed by atoms with Crippen molar-refractivity contribution in [3.05, 3.63) is 5.89 Å². The van der Waals surface area contributed by atoms with E-state index in [1.54, 1.807) is 0 Å². The van der Waals surface area contributed by atoms with Crippen LogP contribution < -0.4 is 5.32 Å². The quantitative estimate of drug-likeness (QED) is 0.735. The summed E-state index contributed by atoms with van der Waals surface area (Å²) in [6, 6.07) is 0.444. The first-order valence-electron chi connectivity index (χ1n) is 3.84. The van der Waals surface area contributed by atoms with Gasteiger partial charge in [-0.2, -0.15) is 0 Å². The predicted octanol–water partition coefficient (Wildman–Crippen LogP) is 1.88. The van der Waals surface area contributed by atoms with Gasteiger partial charge >= 0.3 is 6.01 Å². The fraction of sp³-hybridized carbons (Fsp3) is 0.714. The highest BCUT2D eigenvalue weighted by atomic mass is 35.5. The zero-order valence-electron chi connectivity index (χ0n) is 7.17. The van der Waals surface area contributed by atoms with Crippen molar-refractivity contribution < 1.29 is 4.42 Å². The Kier molecular flexibility index (Phi) is 3.34. The van der Waals surface area contributed by atoms with Gasteiger partial charge in [0.25, 0.3) is 0 Å². The summed E-state index contributed by atoms with van der Waals surface area (Å²) < 4.78 is 5.12. The topological polar surface area (TPSA) is 51.0 Å².